The van der Waals surface area contributed by atoms with Gasteiger partial charge in [0.15, 0.2) is 5.78 Å². The normalized spacial score (nSPS) is 34.6. The van der Waals surface area contributed by atoms with Crippen molar-refractivity contribution in [2.75, 3.05) is 7.05 Å². The average molecular weight is 313 g/mol. The summed E-state index contributed by atoms with van der Waals surface area (Å²) in [5.74, 6) is -0.858. The summed E-state index contributed by atoms with van der Waals surface area (Å²) in [6, 6.07) is 6.62. The van der Waals surface area contributed by atoms with Crippen LogP contribution in [0.1, 0.15) is 42.6 Å². The van der Waals surface area contributed by atoms with Crippen molar-refractivity contribution < 1.29 is 19.8 Å². The van der Waals surface area contributed by atoms with Crippen LogP contribution in [-0.4, -0.2) is 39.3 Å². The maximum absolute atomic E-state index is 12.9. The van der Waals surface area contributed by atoms with Gasteiger partial charge in [0.1, 0.15) is 0 Å². The minimum atomic E-state index is -2.21. The molecule has 23 heavy (non-hydrogen) atoms. The quantitative estimate of drug-likeness (QED) is 0.756. The summed E-state index contributed by atoms with van der Waals surface area (Å²) in [4.78, 5) is 27.1. The number of nitrogens with zero attached hydrogens (tertiary/aromatic N) is 1. The van der Waals surface area contributed by atoms with Crippen LogP contribution in [0.4, 0.5) is 0 Å². The molecule has 2 N–H and O–H groups in total. The van der Waals surface area contributed by atoms with Gasteiger partial charge in [-0.1, -0.05) is 38.1 Å². The van der Waals surface area contributed by atoms with E-state index in [1.807, 2.05) is 13.8 Å². The zero-order valence-corrected chi connectivity index (χ0v) is 13.4. The Bertz CT molecular complexity index is 809. The van der Waals surface area contributed by atoms with Crippen molar-refractivity contribution in [1.82, 2.24) is 4.90 Å². The first-order valence-corrected chi connectivity index (χ1v) is 7.74. The number of fused-ring (bicyclic) bond motifs is 4. The first kappa shape index (κ1) is 14.6. The number of rotatable bonds is 0. The fraction of sp³-hybridized carbons (Fsp3) is 0.444. The van der Waals surface area contributed by atoms with E-state index in [0.29, 0.717) is 17.7 Å². The molecule has 4 rings (SSSR count). The number of aliphatic hydroxyl groups is 2. The van der Waals surface area contributed by atoms with Gasteiger partial charge in [0, 0.05) is 30.3 Å². The number of likely N-dealkylation sites (N-methyl/N-ethyl adjacent to an activating group) is 1. The largest absolute Gasteiger partial charge is 0.372 e. The van der Waals surface area contributed by atoms with Gasteiger partial charge in [0.2, 0.25) is 17.1 Å². The lowest BCUT2D eigenvalue weighted by atomic mass is 9.72. The molecule has 5 heteroatoms. The molecule has 0 saturated carbocycles. The smallest absolute Gasteiger partial charge is 0.210 e. The summed E-state index contributed by atoms with van der Waals surface area (Å²) < 4.78 is 0. The van der Waals surface area contributed by atoms with Crippen LogP contribution in [-0.2, 0) is 10.5 Å². The standard InChI is InChI=1S/C18H19NO4/c1-16(2)8-12-14(13(20)9-16)17(22)15(21)10-6-4-5-7-11(10)18(17,23)19(12)3/h4-7,22-23H,8-9H2,1-3H3. The van der Waals surface area contributed by atoms with Crippen LogP contribution < -0.4 is 0 Å². The Morgan fingerprint density at radius 3 is 2.43 bits per heavy atom. The van der Waals surface area contributed by atoms with Gasteiger partial charge < -0.3 is 15.1 Å². The zero-order valence-electron chi connectivity index (χ0n) is 13.4. The predicted molar refractivity (Wildman–Crippen MR) is 82.4 cm³/mol. The van der Waals surface area contributed by atoms with E-state index in [1.54, 1.807) is 31.3 Å². The van der Waals surface area contributed by atoms with E-state index in [4.69, 9.17) is 0 Å². The Kier molecular flexibility index (Phi) is 2.48. The van der Waals surface area contributed by atoms with Gasteiger partial charge in [-0.15, -0.1) is 0 Å². The number of carbonyl (C=O) groups is 2. The molecule has 0 radical (unpaired) electrons. The summed E-state index contributed by atoms with van der Waals surface area (Å²) >= 11 is 0. The predicted octanol–water partition coefficient (Wildman–Crippen LogP) is 1.35. The maximum atomic E-state index is 12.9. The number of Topliss-reactive ketones (excluding diaryl/α,β-unsaturated/α-hetero) is 2. The molecule has 3 aliphatic rings. The van der Waals surface area contributed by atoms with E-state index in [1.165, 1.54) is 4.90 Å². The summed E-state index contributed by atoms with van der Waals surface area (Å²) in [5, 5.41) is 22.6. The third-order valence-electron chi connectivity index (χ3n) is 5.48. The van der Waals surface area contributed by atoms with Crippen molar-refractivity contribution in [3.8, 4) is 0 Å². The van der Waals surface area contributed by atoms with E-state index >= 15 is 0 Å². The molecule has 2 unspecified atom stereocenters. The van der Waals surface area contributed by atoms with Gasteiger partial charge >= 0.3 is 0 Å². The number of hydrogen-bond acceptors (Lipinski definition) is 5. The molecule has 120 valence electrons. The fourth-order valence-corrected chi connectivity index (χ4v) is 4.42. The summed E-state index contributed by atoms with van der Waals surface area (Å²) in [6.45, 7) is 3.95. The van der Waals surface area contributed by atoms with Gasteiger partial charge in [-0.3, -0.25) is 9.59 Å². The van der Waals surface area contributed by atoms with Gasteiger partial charge in [-0.05, 0) is 11.8 Å². The lowest BCUT2D eigenvalue weighted by Crippen LogP contribution is -2.56. The molecular weight excluding hydrogens is 294 g/mol. The Labute approximate surface area is 134 Å². The second-order valence-electron chi connectivity index (χ2n) is 7.58. The molecule has 1 heterocycles. The highest BCUT2D eigenvalue weighted by Gasteiger charge is 2.73. The first-order valence-electron chi connectivity index (χ1n) is 7.74. The molecular formula is C18H19NO4. The number of carbonyl (C=O) groups excluding carboxylic acids is 2. The third-order valence-corrected chi connectivity index (χ3v) is 5.48. The molecule has 5 nitrogen and oxygen atoms in total. The van der Waals surface area contributed by atoms with Crippen LogP contribution in [0.5, 0.6) is 0 Å². The van der Waals surface area contributed by atoms with Crippen molar-refractivity contribution in [3.05, 3.63) is 46.7 Å². The summed E-state index contributed by atoms with van der Waals surface area (Å²) in [6.07, 6.45) is 0.784. The highest BCUT2D eigenvalue weighted by atomic mass is 16.4. The molecule has 0 aromatic heterocycles. The molecule has 0 spiro atoms. The van der Waals surface area contributed by atoms with E-state index in [2.05, 4.69) is 0 Å². The second kappa shape index (κ2) is 3.91. The zero-order chi connectivity index (χ0) is 16.8. The van der Waals surface area contributed by atoms with Crippen LogP contribution in [0.2, 0.25) is 0 Å². The highest BCUT2D eigenvalue weighted by Crippen LogP contribution is 2.59. The topological polar surface area (TPSA) is 77.8 Å². The lowest BCUT2D eigenvalue weighted by Gasteiger charge is -2.38. The van der Waals surface area contributed by atoms with Gasteiger partial charge in [0.25, 0.3) is 0 Å². The molecule has 1 aromatic rings. The molecule has 0 bridgehead atoms. The monoisotopic (exact) mass is 313 g/mol. The van der Waals surface area contributed by atoms with Crippen LogP contribution in [0, 0.1) is 5.41 Å². The van der Waals surface area contributed by atoms with Crippen molar-refractivity contribution in [1.29, 1.82) is 0 Å². The lowest BCUT2D eigenvalue weighted by molar-refractivity contribution is -0.164. The average Bonchev–Trinajstić information content (AvgIpc) is 2.76. The highest BCUT2D eigenvalue weighted by molar-refractivity contribution is 6.18. The van der Waals surface area contributed by atoms with Crippen molar-refractivity contribution in [3.63, 3.8) is 0 Å². The number of benzene rings is 1. The maximum Gasteiger partial charge on any atom is 0.210 e. The minimum Gasteiger partial charge on any atom is -0.372 e. The molecule has 1 aliphatic heterocycles. The van der Waals surface area contributed by atoms with Crippen LogP contribution >= 0.6 is 0 Å². The van der Waals surface area contributed by atoms with Crippen molar-refractivity contribution >= 4 is 11.6 Å². The molecule has 0 saturated heterocycles. The number of hydrogen-bond donors (Lipinski definition) is 2. The molecule has 0 fully saturated rings. The van der Waals surface area contributed by atoms with Crippen LogP contribution in [0.15, 0.2) is 35.5 Å². The fourth-order valence-electron chi connectivity index (χ4n) is 4.42. The Hall–Kier alpha value is -1.98. The van der Waals surface area contributed by atoms with Crippen LogP contribution in [0.25, 0.3) is 0 Å². The minimum absolute atomic E-state index is 0.0722. The SMILES string of the molecule is CN1C2=C(C(=O)CC(C)(C)C2)C2(O)C(=O)c3ccccc3C12O. The first-order chi connectivity index (χ1) is 10.6. The number of allylic oxidation sites excluding steroid dienone is 1. The van der Waals surface area contributed by atoms with E-state index in [9.17, 15) is 19.8 Å². The van der Waals surface area contributed by atoms with E-state index in [0.717, 1.165) is 0 Å². The Morgan fingerprint density at radius 2 is 1.74 bits per heavy atom. The summed E-state index contributed by atoms with van der Waals surface area (Å²) in [7, 11) is 1.64. The third kappa shape index (κ3) is 1.41. The molecule has 1 aromatic carbocycles. The Morgan fingerprint density at radius 1 is 1.09 bits per heavy atom. The van der Waals surface area contributed by atoms with E-state index in [-0.39, 0.29) is 28.8 Å². The number of ketones is 2. The summed E-state index contributed by atoms with van der Waals surface area (Å²) in [5.41, 5.74) is -3.13. The van der Waals surface area contributed by atoms with Crippen molar-refractivity contribution in [2.45, 2.75) is 38.0 Å². The van der Waals surface area contributed by atoms with Gasteiger partial charge in [-0.2, -0.15) is 0 Å². The Balaban J connectivity index is 2.02. The second-order valence-corrected chi connectivity index (χ2v) is 7.58. The molecule has 2 atom stereocenters. The van der Waals surface area contributed by atoms with Gasteiger partial charge in [-0.25, -0.2) is 0 Å². The van der Waals surface area contributed by atoms with Crippen LogP contribution in [0.3, 0.4) is 0 Å². The molecule has 2 aliphatic carbocycles. The molecule has 0 amide bonds. The van der Waals surface area contributed by atoms with E-state index < -0.39 is 17.1 Å². The van der Waals surface area contributed by atoms with Gasteiger partial charge in [0.05, 0.1) is 5.57 Å². The van der Waals surface area contributed by atoms with Crippen molar-refractivity contribution in [2.24, 2.45) is 5.41 Å².